The summed E-state index contributed by atoms with van der Waals surface area (Å²) >= 11 is 0. The molecule has 1 aliphatic rings. The SMILES string of the molecule is O=C1NC(CCn2cccn2)CO1. The normalized spacial score (nSPS) is 21.2. The van der Waals surface area contributed by atoms with Crippen LogP contribution in [-0.2, 0) is 11.3 Å². The van der Waals surface area contributed by atoms with Crippen molar-refractivity contribution in [3.05, 3.63) is 18.5 Å². The van der Waals surface area contributed by atoms with Gasteiger partial charge in [0.15, 0.2) is 0 Å². The average molecular weight is 181 g/mol. The highest BCUT2D eigenvalue weighted by Crippen LogP contribution is 2.03. The van der Waals surface area contributed by atoms with Gasteiger partial charge in [-0.15, -0.1) is 0 Å². The van der Waals surface area contributed by atoms with E-state index in [4.69, 9.17) is 4.74 Å². The number of hydrogen-bond donors (Lipinski definition) is 1. The first-order valence-electron chi connectivity index (χ1n) is 4.25. The van der Waals surface area contributed by atoms with Crippen LogP contribution in [0.4, 0.5) is 4.79 Å². The number of carbonyl (C=O) groups is 1. The minimum Gasteiger partial charge on any atom is -0.447 e. The lowest BCUT2D eigenvalue weighted by molar-refractivity contribution is 0.176. The summed E-state index contributed by atoms with van der Waals surface area (Å²) < 4.78 is 6.59. The molecule has 2 heterocycles. The van der Waals surface area contributed by atoms with E-state index in [1.54, 1.807) is 6.20 Å². The fraction of sp³-hybridized carbons (Fsp3) is 0.500. The second-order valence-corrected chi connectivity index (χ2v) is 3.00. The Balaban J connectivity index is 1.77. The molecule has 1 unspecified atom stereocenters. The molecule has 1 aromatic rings. The summed E-state index contributed by atoms with van der Waals surface area (Å²) in [5.74, 6) is 0. The molecule has 0 saturated carbocycles. The Kier molecular flexibility index (Phi) is 2.16. The Morgan fingerprint density at radius 2 is 2.69 bits per heavy atom. The van der Waals surface area contributed by atoms with Crippen LogP contribution in [0.2, 0.25) is 0 Å². The zero-order valence-corrected chi connectivity index (χ0v) is 7.14. The van der Waals surface area contributed by atoms with E-state index >= 15 is 0 Å². The average Bonchev–Trinajstić information content (AvgIpc) is 2.71. The molecule has 13 heavy (non-hydrogen) atoms. The van der Waals surface area contributed by atoms with Crippen molar-refractivity contribution < 1.29 is 9.53 Å². The molecule has 0 aromatic carbocycles. The van der Waals surface area contributed by atoms with E-state index in [0.717, 1.165) is 13.0 Å². The van der Waals surface area contributed by atoms with E-state index in [1.165, 1.54) is 0 Å². The first-order valence-corrected chi connectivity index (χ1v) is 4.25. The summed E-state index contributed by atoms with van der Waals surface area (Å²) in [7, 11) is 0. The molecular weight excluding hydrogens is 170 g/mol. The summed E-state index contributed by atoms with van der Waals surface area (Å²) in [6.07, 6.45) is 4.18. The first-order chi connectivity index (χ1) is 6.34. The molecule has 2 rings (SSSR count). The zero-order valence-electron chi connectivity index (χ0n) is 7.14. The number of carbonyl (C=O) groups excluding carboxylic acids is 1. The Labute approximate surface area is 75.7 Å². The molecule has 1 aliphatic heterocycles. The van der Waals surface area contributed by atoms with E-state index in [0.29, 0.717) is 6.61 Å². The van der Waals surface area contributed by atoms with Gasteiger partial charge in [0.2, 0.25) is 0 Å². The Morgan fingerprint density at radius 3 is 3.31 bits per heavy atom. The van der Waals surface area contributed by atoms with Gasteiger partial charge in [0.25, 0.3) is 0 Å². The minimum atomic E-state index is -0.314. The summed E-state index contributed by atoms with van der Waals surface area (Å²) in [6, 6.07) is 2.01. The van der Waals surface area contributed by atoms with Gasteiger partial charge in [-0.1, -0.05) is 0 Å². The third-order valence-electron chi connectivity index (χ3n) is 2.00. The van der Waals surface area contributed by atoms with Crippen molar-refractivity contribution in [2.45, 2.75) is 19.0 Å². The second-order valence-electron chi connectivity index (χ2n) is 3.00. The number of amides is 1. The van der Waals surface area contributed by atoms with Crippen molar-refractivity contribution in [3.63, 3.8) is 0 Å². The fourth-order valence-corrected chi connectivity index (χ4v) is 1.30. The zero-order chi connectivity index (χ0) is 9.10. The summed E-state index contributed by atoms with van der Waals surface area (Å²) in [5.41, 5.74) is 0. The van der Waals surface area contributed by atoms with E-state index < -0.39 is 0 Å². The summed E-state index contributed by atoms with van der Waals surface area (Å²) in [4.78, 5) is 10.7. The molecule has 1 amide bonds. The maximum Gasteiger partial charge on any atom is 0.407 e. The van der Waals surface area contributed by atoms with Crippen LogP contribution in [-0.4, -0.2) is 28.5 Å². The third-order valence-corrected chi connectivity index (χ3v) is 2.00. The number of aryl methyl sites for hydroxylation is 1. The van der Waals surface area contributed by atoms with Crippen molar-refractivity contribution in [2.24, 2.45) is 0 Å². The Morgan fingerprint density at radius 1 is 1.77 bits per heavy atom. The van der Waals surface area contributed by atoms with Crippen LogP contribution in [0.3, 0.4) is 0 Å². The summed E-state index contributed by atoms with van der Waals surface area (Å²) in [6.45, 7) is 1.28. The van der Waals surface area contributed by atoms with Gasteiger partial charge in [-0.2, -0.15) is 5.10 Å². The largest absolute Gasteiger partial charge is 0.447 e. The molecule has 0 aliphatic carbocycles. The van der Waals surface area contributed by atoms with Crippen molar-refractivity contribution in [1.29, 1.82) is 0 Å². The monoisotopic (exact) mass is 181 g/mol. The van der Waals surface area contributed by atoms with E-state index in [1.807, 2.05) is 16.9 Å². The highest BCUT2D eigenvalue weighted by molar-refractivity contribution is 5.69. The lowest BCUT2D eigenvalue weighted by atomic mass is 10.2. The van der Waals surface area contributed by atoms with Crippen molar-refractivity contribution in [3.8, 4) is 0 Å². The third kappa shape index (κ3) is 1.99. The quantitative estimate of drug-likeness (QED) is 0.733. The van der Waals surface area contributed by atoms with Crippen LogP contribution in [0.5, 0.6) is 0 Å². The molecule has 1 fully saturated rings. The van der Waals surface area contributed by atoms with Crippen molar-refractivity contribution in [1.82, 2.24) is 15.1 Å². The maximum atomic E-state index is 10.7. The van der Waals surface area contributed by atoms with Crippen LogP contribution in [0.1, 0.15) is 6.42 Å². The van der Waals surface area contributed by atoms with E-state index in [-0.39, 0.29) is 12.1 Å². The van der Waals surface area contributed by atoms with Gasteiger partial charge in [-0.3, -0.25) is 4.68 Å². The van der Waals surface area contributed by atoms with Gasteiger partial charge in [0.1, 0.15) is 6.61 Å². The number of rotatable bonds is 3. The van der Waals surface area contributed by atoms with Gasteiger partial charge >= 0.3 is 6.09 Å². The van der Waals surface area contributed by atoms with Gasteiger partial charge in [-0.05, 0) is 12.5 Å². The Hall–Kier alpha value is -1.52. The lowest BCUT2D eigenvalue weighted by Crippen LogP contribution is -2.27. The van der Waals surface area contributed by atoms with Gasteiger partial charge in [0, 0.05) is 18.9 Å². The maximum absolute atomic E-state index is 10.7. The number of nitrogens with one attached hydrogen (secondary N) is 1. The number of nitrogens with zero attached hydrogens (tertiary/aromatic N) is 2. The highest BCUT2D eigenvalue weighted by atomic mass is 16.6. The molecule has 70 valence electrons. The fourth-order valence-electron chi connectivity index (χ4n) is 1.30. The van der Waals surface area contributed by atoms with Crippen molar-refractivity contribution in [2.75, 3.05) is 6.61 Å². The topological polar surface area (TPSA) is 56.2 Å². The molecule has 0 bridgehead atoms. The Bertz CT molecular complexity index is 284. The molecule has 5 heteroatoms. The van der Waals surface area contributed by atoms with Gasteiger partial charge < -0.3 is 10.1 Å². The van der Waals surface area contributed by atoms with E-state index in [2.05, 4.69) is 10.4 Å². The molecule has 0 spiro atoms. The second kappa shape index (κ2) is 3.47. The highest BCUT2D eigenvalue weighted by Gasteiger charge is 2.21. The smallest absolute Gasteiger partial charge is 0.407 e. The predicted octanol–water partition coefficient (Wildman–Crippen LogP) is 0.382. The number of hydrogen-bond acceptors (Lipinski definition) is 3. The summed E-state index contributed by atoms with van der Waals surface area (Å²) in [5, 5.41) is 6.77. The molecule has 1 saturated heterocycles. The van der Waals surface area contributed by atoms with Crippen LogP contribution in [0, 0.1) is 0 Å². The standard InChI is InChI=1S/C8H11N3O2/c12-8-10-7(6-13-8)2-5-11-4-1-3-9-11/h1,3-4,7H,2,5-6H2,(H,10,12). The molecule has 1 N–H and O–H groups in total. The minimum absolute atomic E-state index is 0.136. The molecular formula is C8H11N3O2. The molecule has 1 aromatic heterocycles. The van der Waals surface area contributed by atoms with Crippen LogP contribution in [0.15, 0.2) is 18.5 Å². The lowest BCUT2D eigenvalue weighted by Gasteiger charge is -2.06. The number of aromatic nitrogens is 2. The van der Waals surface area contributed by atoms with E-state index in [9.17, 15) is 4.79 Å². The molecule has 1 atom stereocenters. The molecule has 5 nitrogen and oxygen atoms in total. The van der Waals surface area contributed by atoms with Crippen LogP contribution in [0.25, 0.3) is 0 Å². The van der Waals surface area contributed by atoms with Gasteiger partial charge in [0.05, 0.1) is 6.04 Å². The number of ether oxygens (including phenoxy) is 1. The van der Waals surface area contributed by atoms with Crippen molar-refractivity contribution >= 4 is 6.09 Å². The van der Waals surface area contributed by atoms with Crippen LogP contribution < -0.4 is 5.32 Å². The first kappa shape index (κ1) is 8.10. The number of alkyl carbamates (subject to hydrolysis) is 1. The van der Waals surface area contributed by atoms with Crippen LogP contribution >= 0.6 is 0 Å². The molecule has 0 radical (unpaired) electrons. The van der Waals surface area contributed by atoms with Gasteiger partial charge in [-0.25, -0.2) is 4.79 Å². The number of cyclic esters (lactones) is 1. The predicted molar refractivity (Wildman–Crippen MR) is 45.1 cm³/mol.